The van der Waals surface area contributed by atoms with E-state index in [2.05, 4.69) is 22.9 Å². The van der Waals surface area contributed by atoms with Gasteiger partial charge < -0.3 is 0 Å². The first-order valence-corrected chi connectivity index (χ1v) is 6.73. The first-order chi connectivity index (χ1) is 8.13. The Morgan fingerprint density at radius 2 is 2.00 bits per heavy atom. The number of halogens is 1. The van der Waals surface area contributed by atoms with Crippen LogP contribution in [0.3, 0.4) is 0 Å². The number of benzene rings is 1. The summed E-state index contributed by atoms with van der Waals surface area (Å²) in [5, 5.41) is 0. The minimum atomic E-state index is -0.0900. The van der Waals surface area contributed by atoms with Crippen molar-refractivity contribution < 1.29 is 9.59 Å². The first-order valence-electron chi connectivity index (χ1n) is 5.94. The quantitative estimate of drug-likeness (QED) is 0.430. The van der Waals surface area contributed by atoms with Crippen molar-refractivity contribution in [3.05, 3.63) is 34.3 Å². The van der Waals surface area contributed by atoms with Gasteiger partial charge in [-0.05, 0) is 18.6 Å². The Hall–Kier alpha value is -0.960. The third-order valence-electron chi connectivity index (χ3n) is 2.56. The molecule has 0 aromatic heterocycles. The van der Waals surface area contributed by atoms with E-state index in [0.717, 1.165) is 23.7 Å². The average Bonchev–Trinajstić information content (AvgIpc) is 2.29. The zero-order chi connectivity index (χ0) is 12.7. The third kappa shape index (κ3) is 5.26. The lowest BCUT2D eigenvalue weighted by Gasteiger charge is -2.01. The monoisotopic (exact) mass is 296 g/mol. The number of carbonyl (C=O) groups excluding carboxylic acids is 2. The number of unbranched alkanes of at least 4 members (excludes halogenated alkanes) is 2. The Labute approximate surface area is 111 Å². The largest absolute Gasteiger partial charge is 0.299 e. The number of hydrogen-bond acceptors (Lipinski definition) is 2. The van der Waals surface area contributed by atoms with E-state index in [1.54, 1.807) is 18.2 Å². The molecular formula is C14H17BrO2. The Bertz CT molecular complexity index is 399. The van der Waals surface area contributed by atoms with Crippen LogP contribution in [0.2, 0.25) is 0 Å². The molecule has 0 N–H and O–H groups in total. The van der Waals surface area contributed by atoms with Crippen molar-refractivity contribution >= 4 is 27.5 Å². The molecule has 0 fully saturated rings. The Balaban J connectivity index is 2.46. The summed E-state index contributed by atoms with van der Waals surface area (Å²) >= 11 is 3.31. The summed E-state index contributed by atoms with van der Waals surface area (Å²) in [5.74, 6) is -0.0452. The highest BCUT2D eigenvalue weighted by molar-refractivity contribution is 9.10. The fourth-order valence-electron chi connectivity index (χ4n) is 1.60. The molecule has 0 bridgehead atoms. The molecule has 92 valence electrons. The fraction of sp³-hybridized carbons (Fsp3) is 0.429. The van der Waals surface area contributed by atoms with Gasteiger partial charge in [-0.1, -0.05) is 47.8 Å². The van der Waals surface area contributed by atoms with Gasteiger partial charge in [0.1, 0.15) is 5.78 Å². The predicted molar refractivity (Wildman–Crippen MR) is 72.2 cm³/mol. The number of Topliss-reactive ketones (excluding diaryl/α,β-unsaturated/α-hetero) is 2. The van der Waals surface area contributed by atoms with Crippen molar-refractivity contribution in [3.63, 3.8) is 0 Å². The molecule has 1 rings (SSSR count). The van der Waals surface area contributed by atoms with E-state index in [1.165, 1.54) is 0 Å². The van der Waals surface area contributed by atoms with Crippen molar-refractivity contribution in [3.8, 4) is 0 Å². The van der Waals surface area contributed by atoms with Crippen LogP contribution in [-0.2, 0) is 4.79 Å². The SMILES string of the molecule is CCCCCC(=O)CC(=O)c1cccc(Br)c1. The number of ketones is 2. The summed E-state index contributed by atoms with van der Waals surface area (Å²) in [6.45, 7) is 2.09. The second kappa shape index (κ2) is 7.38. The summed E-state index contributed by atoms with van der Waals surface area (Å²) < 4.78 is 0.863. The highest BCUT2D eigenvalue weighted by atomic mass is 79.9. The molecule has 1 aromatic rings. The van der Waals surface area contributed by atoms with Crippen LogP contribution in [0.4, 0.5) is 0 Å². The van der Waals surface area contributed by atoms with Gasteiger partial charge >= 0.3 is 0 Å². The zero-order valence-corrected chi connectivity index (χ0v) is 11.6. The van der Waals surface area contributed by atoms with Crippen LogP contribution in [0.15, 0.2) is 28.7 Å². The highest BCUT2D eigenvalue weighted by Gasteiger charge is 2.11. The van der Waals surface area contributed by atoms with E-state index >= 15 is 0 Å². The Morgan fingerprint density at radius 1 is 1.24 bits per heavy atom. The molecule has 0 saturated heterocycles. The summed E-state index contributed by atoms with van der Waals surface area (Å²) in [6, 6.07) is 7.16. The molecule has 0 saturated carbocycles. The minimum Gasteiger partial charge on any atom is -0.299 e. The van der Waals surface area contributed by atoms with Gasteiger partial charge in [-0.2, -0.15) is 0 Å². The van der Waals surface area contributed by atoms with Gasteiger partial charge in [-0.3, -0.25) is 9.59 Å². The molecule has 0 aliphatic heterocycles. The molecular weight excluding hydrogens is 280 g/mol. The summed E-state index contributed by atoms with van der Waals surface area (Å²) in [7, 11) is 0. The maximum Gasteiger partial charge on any atom is 0.170 e. The second-order valence-corrected chi connectivity index (χ2v) is 5.02. The number of carbonyl (C=O) groups is 2. The van der Waals surface area contributed by atoms with Gasteiger partial charge in [0.15, 0.2) is 5.78 Å². The molecule has 0 atom stereocenters. The fourth-order valence-corrected chi connectivity index (χ4v) is 2.00. The lowest BCUT2D eigenvalue weighted by Crippen LogP contribution is -2.08. The van der Waals surface area contributed by atoms with Crippen molar-refractivity contribution in [2.24, 2.45) is 0 Å². The topological polar surface area (TPSA) is 34.1 Å². The van der Waals surface area contributed by atoms with Gasteiger partial charge in [0, 0.05) is 16.5 Å². The van der Waals surface area contributed by atoms with E-state index in [9.17, 15) is 9.59 Å². The van der Waals surface area contributed by atoms with Crippen molar-refractivity contribution in [1.82, 2.24) is 0 Å². The molecule has 0 amide bonds. The minimum absolute atomic E-state index is 0.0279. The zero-order valence-electron chi connectivity index (χ0n) is 10.0. The van der Waals surface area contributed by atoms with Crippen molar-refractivity contribution in [2.75, 3.05) is 0 Å². The smallest absolute Gasteiger partial charge is 0.170 e. The molecule has 3 heteroatoms. The summed E-state index contributed by atoms with van der Waals surface area (Å²) in [4.78, 5) is 23.4. The van der Waals surface area contributed by atoms with Crippen LogP contribution < -0.4 is 0 Å². The normalized spacial score (nSPS) is 10.2. The van der Waals surface area contributed by atoms with E-state index in [0.29, 0.717) is 12.0 Å². The van der Waals surface area contributed by atoms with Crippen molar-refractivity contribution in [2.45, 2.75) is 39.0 Å². The molecule has 0 aliphatic carbocycles. The van der Waals surface area contributed by atoms with Gasteiger partial charge in [-0.15, -0.1) is 0 Å². The molecule has 0 aliphatic rings. The van der Waals surface area contributed by atoms with Crippen LogP contribution in [0.5, 0.6) is 0 Å². The Kier molecular flexibility index (Phi) is 6.12. The first kappa shape index (κ1) is 14.1. The third-order valence-corrected chi connectivity index (χ3v) is 3.06. The lowest BCUT2D eigenvalue weighted by molar-refractivity contribution is -0.118. The second-order valence-electron chi connectivity index (χ2n) is 4.11. The molecule has 1 aromatic carbocycles. The van der Waals surface area contributed by atoms with Gasteiger partial charge in [0.25, 0.3) is 0 Å². The average molecular weight is 297 g/mol. The Morgan fingerprint density at radius 3 is 2.65 bits per heavy atom. The molecule has 0 spiro atoms. The van der Waals surface area contributed by atoms with Crippen LogP contribution in [0.1, 0.15) is 49.4 Å². The highest BCUT2D eigenvalue weighted by Crippen LogP contribution is 2.14. The van der Waals surface area contributed by atoms with Crippen LogP contribution >= 0.6 is 15.9 Å². The van der Waals surface area contributed by atoms with Crippen LogP contribution in [-0.4, -0.2) is 11.6 Å². The lowest BCUT2D eigenvalue weighted by atomic mass is 10.0. The van der Waals surface area contributed by atoms with E-state index in [1.807, 2.05) is 6.07 Å². The molecule has 2 nitrogen and oxygen atoms in total. The summed E-state index contributed by atoms with van der Waals surface area (Å²) in [5.41, 5.74) is 0.600. The maximum atomic E-state index is 11.8. The van der Waals surface area contributed by atoms with E-state index in [4.69, 9.17) is 0 Å². The molecule has 0 unspecified atom stereocenters. The van der Waals surface area contributed by atoms with Crippen molar-refractivity contribution in [1.29, 1.82) is 0 Å². The molecule has 17 heavy (non-hydrogen) atoms. The van der Waals surface area contributed by atoms with Gasteiger partial charge in [0.2, 0.25) is 0 Å². The van der Waals surface area contributed by atoms with Gasteiger partial charge in [0.05, 0.1) is 6.42 Å². The molecule has 0 heterocycles. The standard InChI is InChI=1S/C14H17BrO2/c1-2-3-4-8-13(16)10-14(17)11-6-5-7-12(15)9-11/h5-7,9H,2-4,8,10H2,1H3. The summed E-state index contributed by atoms with van der Waals surface area (Å²) in [6.07, 6.45) is 3.58. The number of rotatable bonds is 7. The van der Waals surface area contributed by atoms with E-state index in [-0.39, 0.29) is 18.0 Å². The predicted octanol–water partition coefficient (Wildman–Crippen LogP) is 4.17. The van der Waals surface area contributed by atoms with Gasteiger partial charge in [-0.25, -0.2) is 0 Å². The number of hydrogen-bond donors (Lipinski definition) is 0. The van der Waals surface area contributed by atoms with Crippen LogP contribution in [0.25, 0.3) is 0 Å². The van der Waals surface area contributed by atoms with E-state index < -0.39 is 0 Å². The molecule has 0 radical (unpaired) electrons. The van der Waals surface area contributed by atoms with Crippen LogP contribution in [0, 0.1) is 0 Å². The maximum absolute atomic E-state index is 11.8.